The number of non-ortho nitro benzene ring substituents is 1. The summed E-state index contributed by atoms with van der Waals surface area (Å²) in [5.41, 5.74) is -0.0573. The van der Waals surface area contributed by atoms with E-state index in [0.29, 0.717) is 4.90 Å². The largest absolute Gasteiger partial charge is 0.324 e. The molecule has 2 aromatic rings. The first-order valence-electron chi connectivity index (χ1n) is 6.47. The predicted octanol–water partition coefficient (Wildman–Crippen LogP) is 3.99. The number of nitro benzene ring substituents is 1. The van der Waals surface area contributed by atoms with Gasteiger partial charge in [0.05, 0.1) is 26.9 Å². The molecule has 0 aliphatic carbocycles. The number of anilines is 1. The van der Waals surface area contributed by atoms with Crippen molar-refractivity contribution in [3.63, 3.8) is 0 Å². The number of nitrogens with one attached hydrogen (secondary N) is 1. The molecule has 122 valence electrons. The third-order valence-corrected chi connectivity index (χ3v) is 4.15. The molecule has 2 rings (SSSR count). The predicted molar refractivity (Wildman–Crippen MR) is 88.6 cm³/mol. The zero-order valence-corrected chi connectivity index (χ0v) is 13.5. The van der Waals surface area contributed by atoms with Gasteiger partial charge in [0.25, 0.3) is 5.69 Å². The van der Waals surface area contributed by atoms with Crippen LogP contribution in [0.3, 0.4) is 0 Å². The van der Waals surface area contributed by atoms with Crippen LogP contribution in [0.1, 0.15) is 5.56 Å². The van der Waals surface area contributed by atoms with E-state index in [2.05, 4.69) is 5.32 Å². The van der Waals surface area contributed by atoms with Crippen LogP contribution < -0.4 is 5.32 Å². The highest BCUT2D eigenvalue weighted by Crippen LogP contribution is 2.25. The molecule has 0 aliphatic rings. The molecular weight excluding hydrogens is 357 g/mol. The summed E-state index contributed by atoms with van der Waals surface area (Å²) >= 11 is 6.80. The van der Waals surface area contributed by atoms with Crippen LogP contribution in [0.15, 0.2) is 41.3 Å². The molecule has 0 radical (unpaired) electrons. The van der Waals surface area contributed by atoms with Crippen LogP contribution in [0.25, 0.3) is 0 Å². The lowest BCUT2D eigenvalue weighted by Crippen LogP contribution is -2.15. The van der Waals surface area contributed by atoms with Crippen LogP contribution in [-0.4, -0.2) is 16.6 Å². The van der Waals surface area contributed by atoms with E-state index in [1.54, 1.807) is 6.07 Å². The fraction of sp³-hybridized carbons (Fsp3) is 0.0667. The van der Waals surface area contributed by atoms with Crippen molar-refractivity contribution in [2.45, 2.75) is 4.90 Å². The minimum absolute atomic E-state index is 0.00379. The van der Waals surface area contributed by atoms with Gasteiger partial charge in [-0.3, -0.25) is 14.9 Å². The first-order chi connectivity index (χ1) is 11.4. The highest BCUT2D eigenvalue weighted by Gasteiger charge is 2.13. The van der Waals surface area contributed by atoms with Gasteiger partial charge in [-0.2, -0.15) is 5.26 Å². The van der Waals surface area contributed by atoms with Crippen LogP contribution in [0.4, 0.5) is 15.8 Å². The quantitative estimate of drug-likeness (QED) is 0.491. The van der Waals surface area contributed by atoms with E-state index in [4.69, 9.17) is 16.9 Å². The zero-order chi connectivity index (χ0) is 17.7. The van der Waals surface area contributed by atoms with Gasteiger partial charge in [-0.1, -0.05) is 11.6 Å². The van der Waals surface area contributed by atoms with E-state index in [1.807, 2.05) is 0 Å². The molecule has 0 spiro atoms. The second-order valence-corrected chi connectivity index (χ2v) is 5.97. The molecule has 0 saturated carbocycles. The average molecular weight is 366 g/mol. The molecule has 0 aliphatic heterocycles. The zero-order valence-electron chi connectivity index (χ0n) is 12.0. The number of nitro groups is 1. The number of nitriles is 1. The van der Waals surface area contributed by atoms with Crippen molar-refractivity contribution >= 4 is 40.6 Å². The Bertz CT molecular complexity index is 854. The normalized spacial score (nSPS) is 10.0. The first-order valence-corrected chi connectivity index (χ1v) is 7.83. The van der Waals surface area contributed by atoms with Gasteiger partial charge in [0.1, 0.15) is 11.9 Å². The molecule has 0 atom stereocenters. The van der Waals surface area contributed by atoms with Crippen LogP contribution in [-0.2, 0) is 4.79 Å². The van der Waals surface area contributed by atoms with E-state index >= 15 is 0 Å². The van der Waals surface area contributed by atoms with Gasteiger partial charge in [0.15, 0.2) is 0 Å². The maximum atomic E-state index is 13.1. The van der Waals surface area contributed by atoms with Gasteiger partial charge >= 0.3 is 0 Å². The van der Waals surface area contributed by atoms with Gasteiger partial charge in [-0.15, -0.1) is 11.8 Å². The average Bonchev–Trinajstić information content (AvgIpc) is 2.56. The second kappa shape index (κ2) is 7.77. The summed E-state index contributed by atoms with van der Waals surface area (Å²) < 4.78 is 13.1. The number of carbonyl (C=O) groups is 1. The third-order valence-electron chi connectivity index (χ3n) is 2.87. The van der Waals surface area contributed by atoms with Gasteiger partial charge < -0.3 is 5.32 Å². The summed E-state index contributed by atoms with van der Waals surface area (Å²) in [5, 5.41) is 22.2. The summed E-state index contributed by atoms with van der Waals surface area (Å²) in [7, 11) is 0. The lowest BCUT2D eigenvalue weighted by Gasteiger charge is -2.07. The maximum Gasteiger partial charge on any atom is 0.270 e. The third kappa shape index (κ3) is 4.44. The van der Waals surface area contributed by atoms with Gasteiger partial charge in [0, 0.05) is 17.0 Å². The fourth-order valence-corrected chi connectivity index (χ4v) is 2.73. The SMILES string of the molecule is N#Cc1cc([N+](=O)[O-])ccc1NC(=O)CSc1ccc(F)c(Cl)c1. The van der Waals surface area contributed by atoms with Crippen molar-refractivity contribution in [1.29, 1.82) is 5.26 Å². The van der Waals surface area contributed by atoms with Crippen LogP contribution >= 0.6 is 23.4 Å². The molecule has 2 aromatic carbocycles. The van der Waals surface area contributed by atoms with Gasteiger partial charge in [-0.05, 0) is 24.3 Å². The number of hydrogen-bond acceptors (Lipinski definition) is 5. The number of nitrogens with zero attached hydrogens (tertiary/aromatic N) is 2. The molecule has 0 aromatic heterocycles. The Hall–Kier alpha value is -2.63. The summed E-state index contributed by atoms with van der Waals surface area (Å²) in [6.45, 7) is 0. The number of halogens is 2. The molecule has 6 nitrogen and oxygen atoms in total. The van der Waals surface area contributed by atoms with Crippen molar-refractivity contribution in [2.24, 2.45) is 0 Å². The van der Waals surface area contributed by atoms with Crippen LogP contribution in [0.2, 0.25) is 5.02 Å². The molecule has 0 unspecified atom stereocenters. The van der Waals surface area contributed by atoms with E-state index in [-0.39, 0.29) is 27.7 Å². The molecule has 1 amide bonds. The van der Waals surface area contributed by atoms with Crippen molar-refractivity contribution in [3.8, 4) is 6.07 Å². The Labute approximate surface area is 145 Å². The van der Waals surface area contributed by atoms with E-state index in [1.165, 1.54) is 30.3 Å². The number of hydrogen-bond donors (Lipinski definition) is 1. The minimum Gasteiger partial charge on any atom is -0.324 e. The molecule has 0 saturated heterocycles. The molecule has 0 heterocycles. The molecule has 0 fully saturated rings. The van der Waals surface area contributed by atoms with E-state index in [0.717, 1.165) is 17.8 Å². The standard InChI is InChI=1S/C15H9ClFN3O3S/c16-12-6-11(2-3-13(12)17)24-8-15(21)19-14-4-1-10(20(22)23)5-9(14)7-18/h1-6H,8H2,(H,19,21). The molecule has 24 heavy (non-hydrogen) atoms. The summed E-state index contributed by atoms with van der Waals surface area (Å²) in [4.78, 5) is 22.6. The summed E-state index contributed by atoms with van der Waals surface area (Å²) in [6.07, 6.45) is 0. The summed E-state index contributed by atoms with van der Waals surface area (Å²) in [5.74, 6) is -0.954. The number of carbonyl (C=O) groups excluding carboxylic acids is 1. The molecule has 9 heteroatoms. The fourth-order valence-electron chi connectivity index (χ4n) is 1.75. The first kappa shape index (κ1) is 17.7. The lowest BCUT2D eigenvalue weighted by atomic mass is 10.1. The van der Waals surface area contributed by atoms with Crippen molar-refractivity contribution in [2.75, 3.05) is 11.1 Å². The Kier molecular flexibility index (Phi) is 5.73. The highest BCUT2D eigenvalue weighted by molar-refractivity contribution is 8.00. The number of rotatable bonds is 5. The Morgan fingerprint density at radius 3 is 2.75 bits per heavy atom. The molecule has 0 bridgehead atoms. The Morgan fingerprint density at radius 2 is 2.12 bits per heavy atom. The topological polar surface area (TPSA) is 96.0 Å². The smallest absolute Gasteiger partial charge is 0.270 e. The minimum atomic E-state index is -0.624. The molecule has 1 N–H and O–H groups in total. The van der Waals surface area contributed by atoms with Crippen LogP contribution in [0.5, 0.6) is 0 Å². The van der Waals surface area contributed by atoms with Gasteiger partial charge in [0.2, 0.25) is 5.91 Å². The second-order valence-electron chi connectivity index (χ2n) is 4.51. The molecular formula is C15H9ClFN3O3S. The number of thioether (sulfide) groups is 1. The number of amides is 1. The van der Waals surface area contributed by atoms with E-state index < -0.39 is 16.6 Å². The van der Waals surface area contributed by atoms with Gasteiger partial charge in [-0.25, -0.2) is 4.39 Å². The monoisotopic (exact) mass is 365 g/mol. The highest BCUT2D eigenvalue weighted by atomic mass is 35.5. The Morgan fingerprint density at radius 1 is 1.38 bits per heavy atom. The van der Waals surface area contributed by atoms with Crippen molar-refractivity contribution in [3.05, 3.63) is 62.9 Å². The van der Waals surface area contributed by atoms with Crippen LogP contribution in [0, 0.1) is 27.3 Å². The lowest BCUT2D eigenvalue weighted by molar-refractivity contribution is -0.384. The Balaban J connectivity index is 2.03. The van der Waals surface area contributed by atoms with E-state index in [9.17, 15) is 19.3 Å². The maximum absolute atomic E-state index is 13.1. The van der Waals surface area contributed by atoms with Crippen molar-refractivity contribution in [1.82, 2.24) is 0 Å². The summed E-state index contributed by atoms with van der Waals surface area (Å²) in [6, 6.07) is 9.48. The van der Waals surface area contributed by atoms with Crippen molar-refractivity contribution < 1.29 is 14.1 Å². The number of benzene rings is 2.